The molecule has 1 heterocycles. The molecule has 0 spiro atoms. The molecule has 3 aromatic rings. The first-order valence-electron chi connectivity index (χ1n) is 6.55. The zero-order valence-corrected chi connectivity index (χ0v) is 11.2. The van der Waals surface area contributed by atoms with E-state index in [1.54, 1.807) is 16.7 Å². The van der Waals surface area contributed by atoms with Crippen LogP contribution in [0.2, 0.25) is 0 Å². The Hall–Kier alpha value is -2.55. The van der Waals surface area contributed by atoms with Crippen molar-refractivity contribution in [2.45, 2.75) is 13.0 Å². The second-order valence-corrected chi connectivity index (χ2v) is 4.89. The molecule has 0 radical (unpaired) electrons. The number of rotatable bonds is 3. The summed E-state index contributed by atoms with van der Waals surface area (Å²) in [5.41, 5.74) is 1.41. The molecule has 0 aliphatic heterocycles. The van der Waals surface area contributed by atoms with Gasteiger partial charge in [-0.15, -0.1) is 0 Å². The predicted molar refractivity (Wildman–Crippen MR) is 79.2 cm³/mol. The van der Waals surface area contributed by atoms with E-state index in [1.165, 1.54) is 10.8 Å². The molecule has 0 saturated heterocycles. The van der Waals surface area contributed by atoms with E-state index in [0.717, 1.165) is 5.56 Å². The van der Waals surface area contributed by atoms with Crippen molar-refractivity contribution in [2.75, 3.05) is 0 Å². The van der Waals surface area contributed by atoms with Crippen molar-refractivity contribution in [1.29, 1.82) is 0 Å². The van der Waals surface area contributed by atoms with Crippen LogP contribution >= 0.6 is 0 Å². The Kier molecular flexibility index (Phi) is 3.03. The molecule has 0 fully saturated rings. The van der Waals surface area contributed by atoms with E-state index in [1.807, 2.05) is 25.3 Å². The molecular weight excluding hydrogens is 250 g/mol. The van der Waals surface area contributed by atoms with Gasteiger partial charge in [-0.25, -0.2) is 4.79 Å². The van der Waals surface area contributed by atoms with Gasteiger partial charge in [0.25, 0.3) is 0 Å². The highest BCUT2D eigenvalue weighted by Crippen LogP contribution is 2.24. The van der Waals surface area contributed by atoms with Crippen molar-refractivity contribution in [3.8, 4) is 0 Å². The highest BCUT2D eigenvalue weighted by atomic mass is 16.4. The van der Waals surface area contributed by atoms with Crippen molar-refractivity contribution in [1.82, 2.24) is 4.57 Å². The molecule has 1 atom stereocenters. The van der Waals surface area contributed by atoms with E-state index in [0.29, 0.717) is 5.69 Å². The third-order valence-corrected chi connectivity index (χ3v) is 3.67. The molecule has 0 aliphatic rings. The van der Waals surface area contributed by atoms with Gasteiger partial charge in [0.15, 0.2) is 0 Å². The minimum absolute atomic E-state index is 0.0132. The van der Waals surface area contributed by atoms with E-state index < -0.39 is 5.97 Å². The summed E-state index contributed by atoms with van der Waals surface area (Å²) in [7, 11) is 0. The van der Waals surface area contributed by atoms with Gasteiger partial charge < -0.3 is 9.67 Å². The lowest BCUT2D eigenvalue weighted by atomic mass is 10.0. The SMILES string of the molecule is CC(c1ccc2ccccc2c1)n1cccc1C(=O)O. The molecular formula is C17H15NO2. The molecule has 1 N–H and O–H groups in total. The molecule has 0 saturated carbocycles. The third-order valence-electron chi connectivity index (χ3n) is 3.67. The lowest BCUT2D eigenvalue weighted by molar-refractivity contribution is 0.0684. The van der Waals surface area contributed by atoms with Crippen LogP contribution in [-0.2, 0) is 0 Å². The summed E-state index contributed by atoms with van der Waals surface area (Å²) in [5.74, 6) is -0.900. The van der Waals surface area contributed by atoms with Crippen LogP contribution in [0, 0.1) is 0 Å². The van der Waals surface area contributed by atoms with Crippen molar-refractivity contribution < 1.29 is 9.90 Å². The van der Waals surface area contributed by atoms with Gasteiger partial charge in [-0.2, -0.15) is 0 Å². The topological polar surface area (TPSA) is 42.2 Å². The number of hydrogen-bond donors (Lipinski definition) is 1. The zero-order chi connectivity index (χ0) is 14.1. The van der Waals surface area contributed by atoms with Crippen LogP contribution in [0.15, 0.2) is 60.8 Å². The molecule has 20 heavy (non-hydrogen) atoms. The summed E-state index contributed by atoms with van der Waals surface area (Å²) in [6.45, 7) is 2.01. The molecule has 0 aliphatic carbocycles. The van der Waals surface area contributed by atoms with E-state index in [4.69, 9.17) is 0 Å². The van der Waals surface area contributed by atoms with Gasteiger partial charge in [0.05, 0.1) is 6.04 Å². The Morgan fingerprint density at radius 1 is 1.05 bits per heavy atom. The van der Waals surface area contributed by atoms with Gasteiger partial charge >= 0.3 is 5.97 Å². The van der Waals surface area contributed by atoms with Crippen LogP contribution in [0.3, 0.4) is 0 Å². The Morgan fingerprint density at radius 3 is 2.55 bits per heavy atom. The molecule has 3 rings (SSSR count). The zero-order valence-electron chi connectivity index (χ0n) is 11.2. The van der Waals surface area contributed by atoms with Gasteiger partial charge in [-0.05, 0) is 41.5 Å². The Morgan fingerprint density at radius 2 is 1.80 bits per heavy atom. The molecule has 3 heteroatoms. The highest BCUT2D eigenvalue weighted by Gasteiger charge is 2.15. The number of fused-ring (bicyclic) bond motifs is 1. The largest absolute Gasteiger partial charge is 0.477 e. The average molecular weight is 265 g/mol. The number of carboxylic acids is 1. The first kappa shape index (κ1) is 12.5. The van der Waals surface area contributed by atoms with Gasteiger partial charge in [0.1, 0.15) is 5.69 Å². The monoisotopic (exact) mass is 265 g/mol. The normalized spacial score (nSPS) is 12.4. The maximum Gasteiger partial charge on any atom is 0.352 e. The van der Waals surface area contributed by atoms with Crippen LogP contribution in [-0.4, -0.2) is 15.6 Å². The van der Waals surface area contributed by atoms with Crippen LogP contribution in [0.25, 0.3) is 10.8 Å². The highest BCUT2D eigenvalue weighted by molar-refractivity contribution is 5.86. The number of carboxylic acid groups (broad SMARTS) is 1. The van der Waals surface area contributed by atoms with Crippen molar-refractivity contribution in [3.63, 3.8) is 0 Å². The molecule has 0 bridgehead atoms. The van der Waals surface area contributed by atoms with Crippen molar-refractivity contribution in [2.24, 2.45) is 0 Å². The maximum absolute atomic E-state index is 11.2. The molecule has 1 aromatic heterocycles. The summed E-state index contributed by atoms with van der Waals surface area (Å²) in [6.07, 6.45) is 1.81. The van der Waals surface area contributed by atoms with Gasteiger partial charge in [0, 0.05) is 6.20 Å². The van der Waals surface area contributed by atoms with Gasteiger partial charge in [-0.1, -0.05) is 36.4 Å². The smallest absolute Gasteiger partial charge is 0.352 e. The van der Waals surface area contributed by atoms with Crippen LogP contribution in [0.4, 0.5) is 0 Å². The van der Waals surface area contributed by atoms with E-state index >= 15 is 0 Å². The second-order valence-electron chi connectivity index (χ2n) is 4.89. The number of carbonyl (C=O) groups is 1. The summed E-state index contributed by atoms with van der Waals surface area (Å²) in [5, 5.41) is 11.6. The minimum Gasteiger partial charge on any atom is -0.477 e. The Balaban J connectivity index is 2.05. The average Bonchev–Trinajstić information content (AvgIpc) is 2.95. The van der Waals surface area contributed by atoms with Crippen LogP contribution in [0.1, 0.15) is 29.0 Å². The summed E-state index contributed by atoms with van der Waals surface area (Å²) in [6, 6.07) is 17.8. The van der Waals surface area contributed by atoms with Crippen LogP contribution < -0.4 is 0 Å². The molecule has 2 aromatic carbocycles. The fraction of sp³-hybridized carbons (Fsp3) is 0.118. The van der Waals surface area contributed by atoms with Crippen molar-refractivity contribution >= 4 is 16.7 Å². The van der Waals surface area contributed by atoms with Crippen LogP contribution in [0.5, 0.6) is 0 Å². The predicted octanol–water partition coefficient (Wildman–Crippen LogP) is 3.95. The number of aromatic carboxylic acids is 1. The maximum atomic E-state index is 11.2. The number of nitrogens with zero attached hydrogens (tertiary/aromatic N) is 1. The summed E-state index contributed by atoms with van der Waals surface area (Å²) in [4.78, 5) is 11.2. The summed E-state index contributed by atoms with van der Waals surface area (Å²) >= 11 is 0. The fourth-order valence-corrected chi connectivity index (χ4v) is 2.54. The van der Waals surface area contributed by atoms with Crippen molar-refractivity contribution in [3.05, 3.63) is 72.1 Å². The lowest BCUT2D eigenvalue weighted by Crippen LogP contribution is -2.12. The van der Waals surface area contributed by atoms with Gasteiger partial charge in [-0.3, -0.25) is 0 Å². The second kappa shape index (κ2) is 4.85. The Bertz CT molecular complexity index is 773. The quantitative estimate of drug-likeness (QED) is 0.779. The molecule has 3 nitrogen and oxygen atoms in total. The molecule has 0 amide bonds. The van der Waals surface area contributed by atoms with E-state index in [2.05, 4.69) is 30.3 Å². The van der Waals surface area contributed by atoms with E-state index in [-0.39, 0.29) is 6.04 Å². The number of benzene rings is 2. The number of hydrogen-bond acceptors (Lipinski definition) is 1. The first-order chi connectivity index (χ1) is 9.66. The fourth-order valence-electron chi connectivity index (χ4n) is 2.54. The standard InChI is InChI=1S/C17H15NO2/c1-12(18-10-4-7-16(18)17(19)20)14-9-8-13-5-2-3-6-15(13)11-14/h2-12H,1H3,(H,19,20). The first-order valence-corrected chi connectivity index (χ1v) is 6.55. The third kappa shape index (κ3) is 2.07. The Labute approximate surface area is 117 Å². The van der Waals surface area contributed by atoms with E-state index in [9.17, 15) is 9.90 Å². The molecule has 1 unspecified atom stereocenters. The minimum atomic E-state index is -0.900. The summed E-state index contributed by atoms with van der Waals surface area (Å²) < 4.78 is 1.78. The lowest BCUT2D eigenvalue weighted by Gasteiger charge is -2.17. The van der Waals surface area contributed by atoms with Gasteiger partial charge in [0.2, 0.25) is 0 Å². The molecule has 100 valence electrons. The number of aromatic nitrogens is 1.